The summed E-state index contributed by atoms with van der Waals surface area (Å²) in [7, 11) is 0. The van der Waals surface area contributed by atoms with E-state index in [-0.39, 0.29) is 23.4 Å². The SMILES string of the molecule is CC1=CC(N)C(C(C2=CNC=NC2)c2cc(C(F)(F)F)ccc2N)C=C1C(F)(F)F. The van der Waals surface area contributed by atoms with Gasteiger partial charge in [0, 0.05) is 29.8 Å². The van der Waals surface area contributed by atoms with Crippen molar-refractivity contribution in [1.29, 1.82) is 0 Å². The van der Waals surface area contributed by atoms with E-state index in [0.717, 1.165) is 24.3 Å². The van der Waals surface area contributed by atoms with Crippen LogP contribution in [0.25, 0.3) is 0 Å². The third-order valence-electron chi connectivity index (χ3n) is 5.22. The Labute approximate surface area is 169 Å². The van der Waals surface area contributed by atoms with Gasteiger partial charge < -0.3 is 16.8 Å². The summed E-state index contributed by atoms with van der Waals surface area (Å²) in [5.41, 5.74) is 10.9. The summed E-state index contributed by atoms with van der Waals surface area (Å²) in [6, 6.07) is 1.96. The number of rotatable bonds is 3. The number of anilines is 1. The molecule has 5 N–H and O–H groups in total. The highest BCUT2D eigenvalue weighted by molar-refractivity contribution is 5.61. The van der Waals surface area contributed by atoms with E-state index >= 15 is 0 Å². The van der Waals surface area contributed by atoms with Gasteiger partial charge in [0.05, 0.1) is 24.0 Å². The number of nitrogens with two attached hydrogens (primary N) is 2. The predicted molar refractivity (Wildman–Crippen MR) is 103 cm³/mol. The molecule has 3 unspecified atom stereocenters. The van der Waals surface area contributed by atoms with Gasteiger partial charge in [-0.25, -0.2) is 0 Å². The number of allylic oxidation sites excluding steroid dienone is 2. The van der Waals surface area contributed by atoms with Crippen molar-refractivity contribution in [1.82, 2.24) is 5.32 Å². The number of nitrogen functional groups attached to an aromatic ring is 1. The number of hydrogen-bond acceptors (Lipinski definition) is 4. The van der Waals surface area contributed by atoms with Gasteiger partial charge in [-0.15, -0.1) is 0 Å². The van der Waals surface area contributed by atoms with Crippen LogP contribution in [0, 0.1) is 5.92 Å². The highest BCUT2D eigenvalue weighted by Gasteiger charge is 2.41. The van der Waals surface area contributed by atoms with Crippen LogP contribution in [0.2, 0.25) is 0 Å². The highest BCUT2D eigenvalue weighted by atomic mass is 19.4. The zero-order valence-corrected chi connectivity index (χ0v) is 15.9. The monoisotopic (exact) mass is 430 g/mol. The van der Waals surface area contributed by atoms with Crippen LogP contribution in [0.15, 0.2) is 58.3 Å². The molecule has 2 aliphatic rings. The maximum absolute atomic E-state index is 13.5. The second kappa shape index (κ2) is 7.82. The lowest BCUT2D eigenvalue weighted by atomic mass is 9.72. The molecule has 0 bridgehead atoms. The number of halogens is 6. The molecule has 1 aliphatic heterocycles. The predicted octanol–water partition coefficient (Wildman–Crippen LogP) is 4.28. The Morgan fingerprint density at radius 2 is 1.80 bits per heavy atom. The molecule has 4 nitrogen and oxygen atoms in total. The summed E-state index contributed by atoms with van der Waals surface area (Å²) < 4.78 is 80.5. The van der Waals surface area contributed by atoms with Gasteiger partial charge in [0.25, 0.3) is 0 Å². The summed E-state index contributed by atoms with van der Waals surface area (Å²) in [5.74, 6) is -1.91. The van der Waals surface area contributed by atoms with Crippen LogP contribution in [-0.4, -0.2) is 25.1 Å². The van der Waals surface area contributed by atoms with E-state index in [1.54, 1.807) is 0 Å². The zero-order chi connectivity index (χ0) is 22.3. The first-order valence-corrected chi connectivity index (χ1v) is 9.03. The molecule has 30 heavy (non-hydrogen) atoms. The third-order valence-corrected chi connectivity index (χ3v) is 5.22. The minimum Gasteiger partial charge on any atom is -0.398 e. The van der Waals surface area contributed by atoms with E-state index in [9.17, 15) is 26.3 Å². The van der Waals surface area contributed by atoms with Crippen molar-refractivity contribution < 1.29 is 26.3 Å². The number of nitrogens with zero attached hydrogens (tertiary/aromatic N) is 1. The first-order chi connectivity index (χ1) is 13.9. The molecule has 3 atom stereocenters. The molecule has 0 saturated heterocycles. The van der Waals surface area contributed by atoms with Crippen molar-refractivity contribution in [3.05, 3.63) is 64.4 Å². The maximum atomic E-state index is 13.5. The van der Waals surface area contributed by atoms with E-state index in [4.69, 9.17) is 11.5 Å². The fourth-order valence-electron chi connectivity index (χ4n) is 3.82. The molecule has 1 aliphatic carbocycles. The van der Waals surface area contributed by atoms with Gasteiger partial charge in [-0.1, -0.05) is 12.2 Å². The van der Waals surface area contributed by atoms with E-state index in [1.165, 1.54) is 25.5 Å². The lowest BCUT2D eigenvalue weighted by Gasteiger charge is -2.35. The van der Waals surface area contributed by atoms with Gasteiger partial charge in [0.1, 0.15) is 0 Å². The molecule has 1 aromatic rings. The average Bonchev–Trinajstić information content (AvgIpc) is 2.64. The van der Waals surface area contributed by atoms with Gasteiger partial charge in [-0.05, 0) is 41.8 Å². The minimum atomic E-state index is -4.64. The third kappa shape index (κ3) is 4.38. The molecule has 0 spiro atoms. The smallest absolute Gasteiger partial charge is 0.398 e. The van der Waals surface area contributed by atoms with Crippen molar-refractivity contribution in [2.75, 3.05) is 12.3 Å². The van der Waals surface area contributed by atoms with Gasteiger partial charge >= 0.3 is 12.4 Å². The average molecular weight is 430 g/mol. The van der Waals surface area contributed by atoms with Crippen LogP contribution in [0.1, 0.15) is 24.0 Å². The van der Waals surface area contributed by atoms with Crippen LogP contribution in [-0.2, 0) is 6.18 Å². The molecule has 0 saturated carbocycles. The summed E-state index contributed by atoms with van der Waals surface area (Å²) in [6.45, 7) is 1.39. The molecule has 0 aromatic heterocycles. The molecule has 0 radical (unpaired) electrons. The molecule has 1 heterocycles. The van der Waals surface area contributed by atoms with Crippen molar-refractivity contribution in [3.8, 4) is 0 Å². The molecule has 10 heteroatoms. The van der Waals surface area contributed by atoms with Gasteiger partial charge in [0.2, 0.25) is 0 Å². The standard InChI is InChI=1S/C20H20F6N4/c1-10-4-17(28)14(6-15(10)20(24,25)26)18(11-7-29-9-30-8-11)13-5-12(19(21,22)23)2-3-16(13)27/h2-7,9,14,17-18H,8,27-28H2,1H3,(H,29,30). The summed E-state index contributed by atoms with van der Waals surface area (Å²) in [5, 5.41) is 2.74. The second-order valence-corrected chi connectivity index (χ2v) is 7.26. The van der Waals surface area contributed by atoms with Crippen molar-refractivity contribution in [3.63, 3.8) is 0 Å². The molecule has 0 fully saturated rings. The second-order valence-electron chi connectivity index (χ2n) is 7.26. The summed E-state index contributed by atoms with van der Waals surface area (Å²) in [4.78, 5) is 4.04. The molecule has 1 aromatic carbocycles. The molecule has 0 amide bonds. The van der Waals surface area contributed by atoms with Crippen LogP contribution < -0.4 is 16.8 Å². The van der Waals surface area contributed by atoms with Crippen molar-refractivity contribution in [2.24, 2.45) is 16.6 Å². The molecular weight excluding hydrogens is 410 g/mol. The lowest BCUT2D eigenvalue weighted by molar-refractivity contribution is -0.137. The van der Waals surface area contributed by atoms with Crippen LogP contribution in [0.4, 0.5) is 32.0 Å². The zero-order valence-electron chi connectivity index (χ0n) is 15.9. The summed E-state index contributed by atoms with van der Waals surface area (Å²) in [6.07, 6.45) is -4.09. The Kier molecular flexibility index (Phi) is 5.72. The Morgan fingerprint density at radius 3 is 2.37 bits per heavy atom. The van der Waals surface area contributed by atoms with E-state index in [1.807, 2.05) is 0 Å². The Morgan fingerprint density at radius 1 is 1.10 bits per heavy atom. The fourth-order valence-corrected chi connectivity index (χ4v) is 3.82. The topological polar surface area (TPSA) is 76.4 Å². The quantitative estimate of drug-likeness (QED) is 0.495. The fraction of sp³-hybridized carbons (Fsp3) is 0.350. The molecular formula is C20H20F6N4. The minimum absolute atomic E-state index is 0.0314. The number of benzene rings is 1. The summed E-state index contributed by atoms with van der Waals surface area (Å²) >= 11 is 0. The van der Waals surface area contributed by atoms with E-state index in [2.05, 4.69) is 10.3 Å². The largest absolute Gasteiger partial charge is 0.416 e. The Hall–Kier alpha value is -2.75. The van der Waals surface area contributed by atoms with Crippen LogP contribution in [0.5, 0.6) is 0 Å². The Bertz CT molecular complexity index is 940. The Balaban J connectivity index is 2.18. The number of hydrogen-bond donors (Lipinski definition) is 3. The molecule has 3 rings (SSSR count). The van der Waals surface area contributed by atoms with E-state index in [0.29, 0.717) is 5.57 Å². The first-order valence-electron chi connectivity index (χ1n) is 9.03. The van der Waals surface area contributed by atoms with Gasteiger partial charge in [0.15, 0.2) is 0 Å². The van der Waals surface area contributed by atoms with Crippen LogP contribution in [0.3, 0.4) is 0 Å². The van der Waals surface area contributed by atoms with Crippen LogP contribution >= 0.6 is 0 Å². The first kappa shape index (κ1) is 21.9. The van der Waals surface area contributed by atoms with Crippen molar-refractivity contribution in [2.45, 2.75) is 31.2 Å². The van der Waals surface area contributed by atoms with Gasteiger partial charge in [-0.2, -0.15) is 26.3 Å². The van der Waals surface area contributed by atoms with E-state index < -0.39 is 41.4 Å². The number of nitrogens with one attached hydrogen (secondary N) is 1. The normalized spacial score (nSPS) is 23.3. The number of alkyl halides is 6. The van der Waals surface area contributed by atoms with Gasteiger partial charge in [-0.3, -0.25) is 4.99 Å². The van der Waals surface area contributed by atoms with Crippen molar-refractivity contribution >= 4 is 12.0 Å². The highest BCUT2D eigenvalue weighted by Crippen LogP contribution is 2.45. The number of aliphatic imine (C=N–C) groups is 1. The maximum Gasteiger partial charge on any atom is 0.416 e. The lowest BCUT2D eigenvalue weighted by Crippen LogP contribution is -2.37. The molecule has 162 valence electrons.